The Morgan fingerprint density at radius 1 is 1.13 bits per heavy atom. The molecule has 1 amide bonds. The van der Waals surface area contributed by atoms with Gasteiger partial charge in [-0.25, -0.2) is 5.43 Å². The lowest BCUT2D eigenvalue weighted by molar-refractivity contribution is 0.0950. The van der Waals surface area contributed by atoms with Crippen LogP contribution in [0.25, 0.3) is 0 Å². The number of ether oxygens (including phenoxy) is 1. The van der Waals surface area contributed by atoms with Crippen molar-refractivity contribution in [3.63, 3.8) is 0 Å². The average Bonchev–Trinajstić information content (AvgIpc) is 2.76. The molecule has 0 atom stereocenters. The highest BCUT2D eigenvalue weighted by molar-refractivity contribution is 9.10. The Labute approximate surface area is 183 Å². The summed E-state index contributed by atoms with van der Waals surface area (Å²) in [5.41, 5.74) is 5.08. The van der Waals surface area contributed by atoms with Gasteiger partial charge in [-0.3, -0.25) is 4.79 Å². The van der Waals surface area contributed by atoms with Gasteiger partial charge in [0, 0.05) is 10.0 Å². The van der Waals surface area contributed by atoms with Crippen LogP contribution in [0.15, 0.2) is 89.0 Å². The number of allylic oxidation sites excluding steroid dienone is 1. The number of carbonyl (C=O) groups is 1. The van der Waals surface area contributed by atoms with Crippen molar-refractivity contribution >= 4 is 28.1 Å². The van der Waals surface area contributed by atoms with Gasteiger partial charge in [-0.2, -0.15) is 5.10 Å². The monoisotopic (exact) mass is 464 g/mol. The van der Waals surface area contributed by atoms with Crippen molar-refractivity contribution in [2.24, 2.45) is 5.10 Å². The van der Waals surface area contributed by atoms with Gasteiger partial charge >= 0.3 is 0 Å². The van der Waals surface area contributed by atoms with Crippen molar-refractivity contribution in [3.05, 3.63) is 106 Å². The second-order valence-corrected chi connectivity index (χ2v) is 7.38. The first kappa shape index (κ1) is 21.3. The molecule has 0 heterocycles. The van der Waals surface area contributed by atoms with E-state index in [9.17, 15) is 9.90 Å². The highest BCUT2D eigenvalue weighted by atomic mass is 79.9. The number of rotatable bonds is 8. The molecule has 0 aromatic heterocycles. The highest BCUT2D eigenvalue weighted by Crippen LogP contribution is 2.25. The van der Waals surface area contributed by atoms with Crippen LogP contribution in [-0.4, -0.2) is 17.2 Å². The van der Waals surface area contributed by atoms with Crippen molar-refractivity contribution in [2.45, 2.75) is 13.0 Å². The SMILES string of the molecule is C=CCc1cccc(/C=N/NC(=O)c2cc(Br)ccc2OCc2ccccc2)c1O. The van der Waals surface area contributed by atoms with E-state index in [0.29, 0.717) is 29.9 Å². The number of halogens is 1. The normalized spacial score (nSPS) is 10.7. The third kappa shape index (κ3) is 5.58. The zero-order valence-electron chi connectivity index (χ0n) is 16.2. The molecule has 152 valence electrons. The van der Waals surface area contributed by atoms with E-state index >= 15 is 0 Å². The average molecular weight is 465 g/mol. The molecule has 0 aliphatic rings. The van der Waals surface area contributed by atoms with Crippen LogP contribution >= 0.6 is 15.9 Å². The Kier molecular flexibility index (Phi) is 7.40. The van der Waals surface area contributed by atoms with E-state index in [4.69, 9.17) is 4.74 Å². The molecule has 0 spiro atoms. The molecule has 0 saturated heterocycles. The summed E-state index contributed by atoms with van der Waals surface area (Å²) in [5.74, 6) is 0.146. The molecule has 5 nitrogen and oxygen atoms in total. The standard InChI is InChI=1S/C24H21BrN2O3/c1-2-7-18-10-6-11-19(23(18)28)15-26-27-24(29)21-14-20(25)12-13-22(21)30-16-17-8-4-3-5-9-17/h2-6,8-15,28H,1,7,16H2,(H,27,29)/b26-15+. The van der Waals surface area contributed by atoms with Crippen molar-refractivity contribution in [1.29, 1.82) is 0 Å². The number of phenols is 1. The van der Waals surface area contributed by atoms with Crippen LogP contribution in [-0.2, 0) is 13.0 Å². The second-order valence-electron chi connectivity index (χ2n) is 6.46. The van der Waals surface area contributed by atoms with E-state index in [1.165, 1.54) is 6.21 Å². The first-order chi connectivity index (χ1) is 14.6. The van der Waals surface area contributed by atoms with E-state index in [2.05, 4.69) is 33.0 Å². The van der Waals surface area contributed by atoms with E-state index in [-0.39, 0.29) is 5.75 Å². The summed E-state index contributed by atoms with van der Waals surface area (Å²) in [4.78, 5) is 12.7. The van der Waals surface area contributed by atoms with Crippen LogP contribution < -0.4 is 10.2 Å². The van der Waals surface area contributed by atoms with Crippen LogP contribution in [0, 0.1) is 0 Å². The number of nitrogens with one attached hydrogen (secondary N) is 1. The quantitative estimate of drug-likeness (QED) is 0.272. The Morgan fingerprint density at radius 2 is 1.93 bits per heavy atom. The predicted octanol–water partition coefficient (Wildman–Crippen LogP) is 5.23. The molecule has 6 heteroatoms. The third-order valence-corrected chi connectivity index (χ3v) is 4.80. The maximum absolute atomic E-state index is 12.7. The number of phenolic OH excluding ortho intramolecular Hbond substituents is 1. The number of nitrogens with zero attached hydrogens (tertiary/aromatic N) is 1. The van der Waals surface area contributed by atoms with Crippen molar-refractivity contribution in [3.8, 4) is 11.5 Å². The van der Waals surface area contributed by atoms with E-state index < -0.39 is 5.91 Å². The van der Waals surface area contributed by atoms with Gasteiger partial charge in [-0.05, 0) is 41.8 Å². The number of hydrazone groups is 1. The Hall–Kier alpha value is -3.38. The van der Waals surface area contributed by atoms with Gasteiger partial charge < -0.3 is 9.84 Å². The smallest absolute Gasteiger partial charge is 0.275 e. The molecule has 3 rings (SSSR count). The maximum Gasteiger partial charge on any atom is 0.275 e. The maximum atomic E-state index is 12.7. The number of amides is 1. The minimum atomic E-state index is -0.419. The summed E-state index contributed by atoms with van der Waals surface area (Å²) < 4.78 is 6.59. The lowest BCUT2D eigenvalue weighted by Crippen LogP contribution is -2.19. The van der Waals surface area contributed by atoms with Gasteiger partial charge in [-0.1, -0.05) is 64.5 Å². The molecular formula is C24H21BrN2O3. The number of carbonyl (C=O) groups excluding carboxylic acids is 1. The topological polar surface area (TPSA) is 70.9 Å². The van der Waals surface area contributed by atoms with Crippen LogP contribution in [0.5, 0.6) is 11.5 Å². The summed E-state index contributed by atoms with van der Waals surface area (Å²) >= 11 is 3.38. The third-order valence-electron chi connectivity index (χ3n) is 4.31. The minimum Gasteiger partial charge on any atom is -0.507 e. The molecule has 0 radical (unpaired) electrons. The zero-order chi connectivity index (χ0) is 21.3. The summed E-state index contributed by atoms with van der Waals surface area (Å²) in [6.07, 6.45) is 3.66. The van der Waals surface area contributed by atoms with Crippen molar-refractivity contribution in [1.82, 2.24) is 5.43 Å². The second kappa shape index (κ2) is 10.4. The summed E-state index contributed by atoms with van der Waals surface area (Å²) in [6, 6.07) is 20.3. The Bertz CT molecular complexity index is 1070. The molecule has 2 N–H and O–H groups in total. The molecule has 3 aromatic rings. The summed E-state index contributed by atoms with van der Waals surface area (Å²) in [7, 11) is 0. The lowest BCUT2D eigenvalue weighted by Gasteiger charge is -2.11. The number of hydrogen-bond donors (Lipinski definition) is 2. The first-order valence-corrected chi connectivity index (χ1v) is 10.1. The molecule has 0 unspecified atom stereocenters. The Morgan fingerprint density at radius 3 is 2.70 bits per heavy atom. The van der Waals surface area contributed by atoms with Gasteiger partial charge in [0.25, 0.3) is 5.91 Å². The Balaban J connectivity index is 1.72. The van der Waals surface area contributed by atoms with Crippen LogP contribution in [0.3, 0.4) is 0 Å². The van der Waals surface area contributed by atoms with Gasteiger partial charge in [0.05, 0.1) is 11.8 Å². The van der Waals surface area contributed by atoms with E-state index in [1.54, 1.807) is 24.3 Å². The van der Waals surface area contributed by atoms with Crippen LogP contribution in [0.2, 0.25) is 0 Å². The minimum absolute atomic E-state index is 0.115. The van der Waals surface area contributed by atoms with Crippen LogP contribution in [0.4, 0.5) is 0 Å². The van der Waals surface area contributed by atoms with E-state index in [1.807, 2.05) is 48.5 Å². The van der Waals surface area contributed by atoms with Crippen LogP contribution in [0.1, 0.15) is 27.0 Å². The number of hydrogen-bond acceptors (Lipinski definition) is 4. The molecule has 30 heavy (non-hydrogen) atoms. The van der Waals surface area contributed by atoms with Gasteiger partial charge in [0.1, 0.15) is 18.1 Å². The number of aromatic hydroxyl groups is 1. The highest BCUT2D eigenvalue weighted by Gasteiger charge is 2.13. The van der Waals surface area contributed by atoms with Gasteiger partial charge in [0.2, 0.25) is 0 Å². The first-order valence-electron chi connectivity index (χ1n) is 9.30. The summed E-state index contributed by atoms with van der Waals surface area (Å²) in [6.45, 7) is 4.02. The largest absolute Gasteiger partial charge is 0.507 e. The zero-order valence-corrected chi connectivity index (χ0v) is 17.8. The fourth-order valence-electron chi connectivity index (χ4n) is 2.80. The molecule has 0 bridgehead atoms. The fourth-order valence-corrected chi connectivity index (χ4v) is 3.16. The van der Waals surface area contributed by atoms with Gasteiger partial charge in [-0.15, -0.1) is 6.58 Å². The number of benzene rings is 3. The molecule has 0 aliphatic carbocycles. The predicted molar refractivity (Wildman–Crippen MR) is 122 cm³/mol. The fraction of sp³-hybridized carbons (Fsp3) is 0.0833. The van der Waals surface area contributed by atoms with Crippen molar-refractivity contribution < 1.29 is 14.6 Å². The van der Waals surface area contributed by atoms with E-state index in [0.717, 1.165) is 15.6 Å². The van der Waals surface area contributed by atoms with Crippen molar-refractivity contribution in [2.75, 3.05) is 0 Å². The molecule has 3 aromatic carbocycles. The summed E-state index contributed by atoms with van der Waals surface area (Å²) in [5, 5.41) is 14.3. The molecule has 0 fully saturated rings. The number of para-hydroxylation sites is 1. The van der Waals surface area contributed by atoms with Gasteiger partial charge in [0.15, 0.2) is 0 Å². The molecule has 0 aliphatic heterocycles. The molecule has 0 saturated carbocycles. The lowest BCUT2D eigenvalue weighted by atomic mass is 10.1. The molecular weight excluding hydrogens is 444 g/mol.